The molecule has 0 radical (unpaired) electrons. The number of carbonyl (C=O) groups is 1. The van der Waals surface area contributed by atoms with Crippen LogP contribution in [0.5, 0.6) is 23.0 Å². The fourth-order valence-corrected chi connectivity index (χ4v) is 3.59. The van der Waals surface area contributed by atoms with Crippen molar-refractivity contribution in [3.05, 3.63) is 82.6 Å². The lowest BCUT2D eigenvalue weighted by Crippen LogP contribution is -2.16. The van der Waals surface area contributed by atoms with Gasteiger partial charge in [-0.2, -0.15) is 0 Å². The molecule has 0 fully saturated rings. The van der Waals surface area contributed by atoms with Crippen LogP contribution in [0.3, 0.4) is 0 Å². The minimum Gasteiger partial charge on any atom is -0.493 e. The van der Waals surface area contributed by atoms with Gasteiger partial charge < -0.3 is 19.3 Å². The predicted molar refractivity (Wildman–Crippen MR) is 130 cm³/mol. The molecule has 0 aliphatic heterocycles. The minimum absolute atomic E-state index is 0.0872. The van der Waals surface area contributed by atoms with E-state index in [1.165, 1.54) is 12.1 Å². The third-order valence-electron chi connectivity index (χ3n) is 5.25. The van der Waals surface area contributed by atoms with E-state index in [4.69, 9.17) is 30.9 Å². The lowest BCUT2D eigenvalue weighted by Gasteiger charge is -2.18. The molecular weight excluding hydrogens is 459 g/mol. The van der Waals surface area contributed by atoms with Crippen molar-refractivity contribution in [2.24, 2.45) is 0 Å². The predicted octanol–water partition coefficient (Wildman–Crippen LogP) is 7.09. The Hall–Kier alpha value is -3.25. The van der Waals surface area contributed by atoms with Crippen molar-refractivity contribution in [2.75, 3.05) is 6.61 Å². The highest BCUT2D eigenvalue weighted by Crippen LogP contribution is 2.35. The Morgan fingerprint density at radius 3 is 2.56 bits per heavy atom. The van der Waals surface area contributed by atoms with Crippen molar-refractivity contribution in [1.82, 2.24) is 0 Å². The summed E-state index contributed by atoms with van der Waals surface area (Å²) in [7, 11) is 0. The number of para-hydroxylation sites is 1. The molecule has 7 heteroatoms. The molecule has 0 spiro atoms. The molecule has 0 amide bonds. The zero-order valence-corrected chi connectivity index (χ0v) is 20.0. The van der Waals surface area contributed by atoms with Crippen LogP contribution in [0.1, 0.15) is 37.8 Å². The first-order valence-corrected chi connectivity index (χ1v) is 11.6. The summed E-state index contributed by atoms with van der Waals surface area (Å²) in [5.41, 5.74) is 2.11. The quantitative estimate of drug-likeness (QED) is 0.296. The first-order valence-electron chi connectivity index (χ1n) is 11.2. The molecule has 3 rings (SSSR count). The summed E-state index contributed by atoms with van der Waals surface area (Å²) >= 11 is 6.10. The third-order valence-corrected chi connectivity index (χ3v) is 5.49. The molecule has 1 atom stereocenters. The van der Waals surface area contributed by atoms with Crippen LogP contribution in [-0.2, 0) is 17.6 Å². The Bertz CT molecular complexity index is 1120. The Labute approximate surface area is 204 Å². The van der Waals surface area contributed by atoms with Gasteiger partial charge in [0.25, 0.3) is 0 Å². The Morgan fingerprint density at radius 2 is 1.82 bits per heavy atom. The molecule has 0 aromatic heterocycles. The first kappa shape index (κ1) is 25.4. The van der Waals surface area contributed by atoms with Crippen LogP contribution in [0, 0.1) is 5.82 Å². The number of rotatable bonds is 12. The van der Waals surface area contributed by atoms with Crippen LogP contribution >= 0.6 is 11.6 Å². The van der Waals surface area contributed by atoms with Crippen LogP contribution in [0.15, 0.2) is 60.7 Å². The summed E-state index contributed by atoms with van der Waals surface area (Å²) in [5.74, 6) is 0.322. The molecule has 1 N–H and O–H groups in total. The Balaban J connectivity index is 1.58. The first-order chi connectivity index (χ1) is 16.4. The highest BCUT2D eigenvalue weighted by Gasteiger charge is 2.14. The molecule has 0 aliphatic rings. The number of halogens is 2. The maximum absolute atomic E-state index is 14.0. The lowest BCUT2D eigenvalue weighted by atomic mass is 10.0. The topological polar surface area (TPSA) is 65.0 Å². The average Bonchev–Trinajstić information content (AvgIpc) is 2.81. The lowest BCUT2D eigenvalue weighted by molar-refractivity contribution is -0.136. The second-order valence-corrected chi connectivity index (χ2v) is 8.30. The third kappa shape index (κ3) is 7.39. The fourth-order valence-electron chi connectivity index (χ4n) is 3.43. The molecule has 0 saturated heterocycles. The van der Waals surface area contributed by atoms with E-state index in [0.29, 0.717) is 36.0 Å². The fraction of sp³-hybridized carbons (Fsp3) is 0.296. The molecule has 0 aliphatic carbocycles. The van der Waals surface area contributed by atoms with Crippen molar-refractivity contribution in [1.29, 1.82) is 0 Å². The van der Waals surface area contributed by atoms with Gasteiger partial charge in [0.2, 0.25) is 0 Å². The van der Waals surface area contributed by atoms with Gasteiger partial charge in [0.1, 0.15) is 5.75 Å². The van der Waals surface area contributed by atoms with E-state index >= 15 is 0 Å². The van der Waals surface area contributed by atoms with Crippen molar-refractivity contribution in [3.8, 4) is 23.0 Å². The number of hydrogen-bond acceptors (Lipinski definition) is 4. The largest absolute Gasteiger partial charge is 0.493 e. The van der Waals surface area contributed by atoms with Crippen LogP contribution in [0.25, 0.3) is 0 Å². The van der Waals surface area contributed by atoms with E-state index < -0.39 is 11.8 Å². The van der Waals surface area contributed by atoms with Crippen molar-refractivity contribution >= 4 is 17.6 Å². The van der Waals surface area contributed by atoms with Gasteiger partial charge in [-0.05, 0) is 67.3 Å². The number of carboxylic acids is 1. The van der Waals surface area contributed by atoms with Gasteiger partial charge >= 0.3 is 5.97 Å². The molecule has 0 unspecified atom stereocenters. The van der Waals surface area contributed by atoms with Crippen molar-refractivity contribution in [2.45, 2.75) is 45.6 Å². The van der Waals surface area contributed by atoms with Gasteiger partial charge in [0, 0.05) is 23.9 Å². The number of carboxylic acid groups (broad SMARTS) is 1. The second kappa shape index (κ2) is 12.3. The van der Waals surface area contributed by atoms with E-state index in [-0.39, 0.29) is 18.3 Å². The van der Waals surface area contributed by atoms with E-state index in [0.717, 1.165) is 23.3 Å². The van der Waals surface area contributed by atoms with Gasteiger partial charge in [-0.3, -0.25) is 4.79 Å². The molecular formula is C27H28ClFO5. The van der Waals surface area contributed by atoms with Gasteiger partial charge in [-0.25, -0.2) is 4.39 Å². The number of aryl methyl sites for hydroxylation is 2. The number of benzene rings is 3. The zero-order chi connectivity index (χ0) is 24.5. The summed E-state index contributed by atoms with van der Waals surface area (Å²) in [6.07, 6.45) is 1.80. The van der Waals surface area contributed by atoms with Gasteiger partial charge in [-0.15, -0.1) is 0 Å². The maximum Gasteiger partial charge on any atom is 0.303 e. The van der Waals surface area contributed by atoms with E-state index in [1.807, 2.05) is 32.0 Å². The molecule has 0 bridgehead atoms. The smallest absolute Gasteiger partial charge is 0.303 e. The van der Waals surface area contributed by atoms with Gasteiger partial charge in [-0.1, -0.05) is 36.7 Å². The van der Waals surface area contributed by atoms with Crippen LogP contribution in [0.2, 0.25) is 5.02 Å². The summed E-state index contributed by atoms with van der Waals surface area (Å²) in [5, 5.41) is 9.37. The monoisotopic (exact) mass is 486 g/mol. The Morgan fingerprint density at radius 1 is 1.03 bits per heavy atom. The molecule has 180 valence electrons. The molecule has 3 aromatic rings. The summed E-state index contributed by atoms with van der Waals surface area (Å²) < 4.78 is 31.7. The van der Waals surface area contributed by atoms with Crippen LogP contribution in [-0.4, -0.2) is 23.8 Å². The van der Waals surface area contributed by atoms with E-state index in [1.54, 1.807) is 30.3 Å². The zero-order valence-electron chi connectivity index (χ0n) is 19.2. The second-order valence-electron chi connectivity index (χ2n) is 7.87. The van der Waals surface area contributed by atoms with E-state index in [9.17, 15) is 9.18 Å². The molecule has 0 heterocycles. The Kier molecular flexibility index (Phi) is 9.16. The van der Waals surface area contributed by atoms with Crippen LogP contribution in [0.4, 0.5) is 4.39 Å². The summed E-state index contributed by atoms with van der Waals surface area (Å²) in [6.45, 7) is 4.37. The molecule has 3 aromatic carbocycles. The van der Waals surface area contributed by atoms with Crippen molar-refractivity contribution < 1.29 is 28.5 Å². The van der Waals surface area contributed by atoms with E-state index in [2.05, 4.69) is 0 Å². The SMILES string of the molecule is CCc1cc(OCC[C@@H](C)Oc2ccc(Cl)cc2Oc2ccccc2F)ccc1CCC(=O)O. The average molecular weight is 487 g/mol. The molecule has 0 saturated carbocycles. The minimum atomic E-state index is -0.806. The number of hydrogen-bond donors (Lipinski definition) is 1. The highest BCUT2D eigenvalue weighted by molar-refractivity contribution is 6.30. The molecule has 34 heavy (non-hydrogen) atoms. The van der Waals surface area contributed by atoms with Gasteiger partial charge in [0.05, 0.1) is 12.7 Å². The van der Waals surface area contributed by atoms with Crippen molar-refractivity contribution in [3.63, 3.8) is 0 Å². The number of ether oxygens (including phenoxy) is 3. The molecule has 5 nitrogen and oxygen atoms in total. The standard InChI is InChI=1S/C27H28ClFO5/c1-3-19-16-22(11-8-20(19)9-13-27(30)31)32-15-14-18(2)33-25-12-10-21(28)17-26(25)34-24-7-5-4-6-23(24)29/h4-8,10-12,16-18H,3,9,13-15H2,1-2H3,(H,30,31)/t18-/m1/s1. The number of aliphatic carboxylic acids is 1. The normalized spacial score (nSPS) is 11.6. The summed E-state index contributed by atoms with van der Waals surface area (Å²) in [6, 6.07) is 16.9. The highest BCUT2D eigenvalue weighted by atomic mass is 35.5. The maximum atomic E-state index is 14.0. The van der Waals surface area contributed by atoms with Crippen LogP contribution < -0.4 is 14.2 Å². The van der Waals surface area contributed by atoms with Gasteiger partial charge in [0.15, 0.2) is 23.1 Å². The summed E-state index contributed by atoms with van der Waals surface area (Å²) in [4.78, 5) is 10.9.